The highest BCUT2D eigenvalue weighted by Gasteiger charge is 2.14. The average Bonchev–Trinajstić information content (AvgIpc) is 1.21. The minimum Gasteiger partial charge on any atom is -0.679 e. The second-order valence-corrected chi connectivity index (χ2v) is 5.75. The third kappa shape index (κ3) is 6.31. The summed E-state index contributed by atoms with van der Waals surface area (Å²) in [5.41, 5.74) is 0. The fourth-order valence-corrected chi connectivity index (χ4v) is 1.18. The molecule has 0 heterocycles. The van der Waals surface area contributed by atoms with Gasteiger partial charge in [0.1, 0.15) is 6.16 Å². The predicted molar refractivity (Wildman–Crippen MR) is 31.9 cm³/mol. The Morgan fingerprint density at radius 3 is 1.88 bits per heavy atom. The minimum atomic E-state index is -2.22. The van der Waals surface area contributed by atoms with Crippen LogP contribution in [0, 0.1) is 0 Å². The van der Waals surface area contributed by atoms with Gasteiger partial charge in [0.05, 0.1) is 0 Å². The Morgan fingerprint density at radius 1 is 1.50 bits per heavy atom. The lowest BCUT2D eigenvalue weighted by Crippen LogP contribution is -2.20. The van der Waals surface area contributed by atoms with Crippen LogP contribution in [0.3, 0.4) is 0 Å². The molecule has 0 fully saturated rings. The van der Waals surface area contributed by atoms with E-state index in [0.717, 1.165) is 0 Å². The van der Waals surface area contributed by atoms with Crippen molar-refractivity contribution in [2.24, 2.45) is 0 Å². The van der Waals surface area contributed by atoms with Gasteiger partial charge in [-0.1, -0.05) is 0 Å². The maximum atomic E-state index is 10.7. The summed E-state index contributed by atoms with van der Waals surface area (Å²) in [6, 6.07) is 0. The maximum absolute atomic E-state index is 10.7. The van der Waals surface area contributed by atoms with E-state index in [1.54, 1.807) is 0 Å². The van der Waals surface area contributed by atoms with E-state index in [2.05, 4.69) is 0 Å². The molecule has 0 atom stereocenters. The van der Waals surface area contributed by atoms with Crippen molar-refractivity contribution in [3.05, 3.63) is 0 Å². The number of aliphatic hydroxyl groups excluding tert-OH is 1. The Hall–Kier alpha value is 0.310. The Bertz CT molecular complexity index is 66.2. The number of hydrogen-bond acceptors (Lipinski definition) is 3. The third-order valence-corrected chi connectivity index (χ3v) is 1.81. The molecule has 0 rings (SSSR count). The van der Waals surface area contributed by atoms with E-state index in [-0.39, 0.29) is 6.16 Å². The topological polar surface area (TPSA) is 63.5 Å². The highest BCUT2D eigenvalue weighted by molar-refractivity contribution is 7.67. The predicted octanol–water partition coefficient (Wildman–Crippen LogP) is -1.15. The Balaban J connectivity index is 3.39. The van der Waals surface area contributed by atoms with Crippen molar-refractivity contribution >= 4 is 7.49 Å². The molecule has 0 aliphatic rings. The lowest BCUT2D eigenvalue weighted by molar-refractivity contribution is -0.170. The van der Waals surface area contributed by atoms with Crippen LogP contribution in [0.15, 0.2) is 0 Å². The van der Waals surface area contributed by atoms with Crippen LogP contribution in [0.5, 0.6) is 0 Å². The fourth-order valence-electron chi connectivity index (χ4n) is 0.393. The molecule has 50 valence electrons. The van der Waals surface area contributed by atoms with Crippen LogP contribution in [0.2, 0.25) is 0 Å². The van der Waals surface area contributed by atoms with Gasteiger partial charge >= 0.3 is 0 Å². The molecule has 0 aromatic rings. The zero-order valence-corrected chi connectivity index (χ0v) is 5.93. The smallest absolute Gasteiger partial charge is 0.185 e. The molecule has 0 aliphatic carbocycles. The van der Waals surface area contributed by atoms with E-state index < -0.39 is 13.8 Å². The molecule has 0 aromatic carbocycles. The Labute approximate surface area is 49.4 Å². The van der Waals surface area contributed by atoms with Gasteiger partial charge in [0.2, 0.25) is 0 Å². The van der Waals surface area contributed by atoms with Crippen molar-refractivity contribution in [3.8, 4) is 0 Å². The monoisotopic (exact) mass is 138 g/mol. The summed E-state index contributed by atoms with van der Waals surface area (Å²) >= 11 is 0. The quantitative estimate of drug-likeness (QED) is 0.374. The van der Waals surface area contributed by atoms with Gasteiger partial charge in [0.25, 0.3) is 0 Å². The molecule has 0 bridgehead atoms. The molecule has 0 saturated heterocycles. The van der Waals surface area contributed by atoms with Gasteiger partial charge in [-0.05, 0) is 7.49 Å². The van der Waals surface area contributed by atoms with Gasteiger partial charge in [-0.15, -0.1) is 0 Å². The van der Waals surface area contributed by atoms with Gasteiger partial charge in [0, 0.05) is 13.3 Å². The molecular formula is C4H11O3P. The molecule has 0 radical (unpaired) electrons. The van der Waals surface area contributed by atoms with Gasteiger partial charge in [-0.3, -0.25) is 0 Å². The maximum Gasteiger partial charge on any atom is 0.185 e. The SMILES string of the molecule is C[P+](C)([O-])CC(O)O. The van der Waals surface area contributed by atoms with E-state index in [9.17, 15) is 4.89 Å². The molecule has 0 saturated carbocycles. The Kier molecular flexibility index (Phi) is 2.84. The molecule has 8 heavy (non-hydrogen) atoms. The standard InChI is InChI=1S/C4H11O3P/c1-8(2,7)3-4(5)6/h4-6H,3H2,1-2H3. The van der Waals surface area contributed by atoms with E-state index >= 15 is 0 Å². The summed E-state index contributed by atoms with van der Waals surface area (Å²) in [5, 5.41) is 16.5. The molecule has 2 N–H and O–H groups in total. The summed E-state index contributed by atoms with van der Waals surface area (Å²) in [7, 11) is -2.22. The second-order valence-electron chi connectivity index (χ2n) is 2.24. The molecule has 4 heteroatoms. The zero-order chi connectivity index (χ0) is 6.78. The summed E-state index contributed by atoms with van der Waals surface area (Å²) in [6.45, 7) is 3.04. The van der Waals surface area contributed by atoms with Crippen LogP contribution in [-0.4, -0.2) is 36.0 Å². The van der Waals surface area contributed by atoms with Crippen LogP contribution >= 0.6 is 7.49 Å². The van der Waals surface area contributed by atoms with Crippen LogP contribution < -0.4 is 4.89 Å². The van der Waals surface area contributed by atoms with E-state index in [0.29, 0.717) is 0 Å². The lowest BCUT2D eigenvalue weighted by atomic mass is 10.8. The molecular weight excluding hydrogens is 127 g/mol. The van der Waals surface area contributed by atoms with Crippen molar-refractivity contribution in [3.63, 3.8) is 0 Å². The molecule has 0 amide bonds. The minimum absolute atomic E-state index is 0.00694. The normalized spacial score (nSPS) is 12.8. The van der Waals surface area contributed by atoms with Crippen molar-refractivity contribution in [2.75, 3.05) is 19.5 Å². The highest BCUT2D eigenvalue weighted by atomic mass is 31.2. The largest absolute Gasteiger partial charge is 0.679 e. The molecule has 3 nitrogen and oxygen atoms in total. The van der Waals surface area contributed by atoms with Gasteiger partial charge < -0.3 is 15.1 Å². The summed E-state index contributed by atoms with van der Waals surface area (Å²) < 4.78 is 0. The van der Waals surface area contributed by atoms with Crippen molar-refractivity contribution in [2.45, 2.75) is 6.29 Å². The van der Waals surface area contributed by atoms with Crippen molar-refractivity contribution < 1.29 is 15.1 Å². The third-order valence-electron chi connectivity index (χ3n) is 0.603. The molecule has 0 spiro atoms. The van der Waals surface area contributed by atoms with Gasteiger partial charge in [0.15, 0.2) is 6.29 Å². The summed E-state index contributed by atoms with van der Waals surface area (Å²) in [4.78, 5) is 10.7. The average molecular weight is 138 g/mol. The van der Waals surface area contributed by atoms with Crippen molar-refractivity contribution in [1.29, 1.82) is 0 Å². The van der Waals surface area contributed by atoms with Crippen LogP contribution in [0.4, 0.5) is 0 Å². The molecule has 0 unspecified atom stereocenters. The first-order valence-electron chi connectivity index (χ1n) is 2.32. The number of hydrogen-bond donors (Lipinski definition) is 2. The first-order valence-corrected chi connectivity index (χ1v) is 5.10. The summed E-state index contributed by atoms with van der Waals surface area (Å²) in [6.07, 6.45) is -1.43. The van der Waals surface area contributed by atoms with Crippen molar-refractivity contribution in [1.82, 2.24) is 0 Å². The second kappa shape index (κ2) is 2.74. The molecule has 0 aromatic heterocycles. The zero-order valence-electron chi connectivity index (χ0n) is 5.03. The molecule has 0 aliphatic heterocycles. The first-order chi connectivity index (χ1) is 3.42. The summed E-state index contributed by atoms with van der Waals surface area (Å²) in [5.74, 6) is 0. The van der Waals surface area contributed by atoms with Crippen LogP contribution in [0.25, 0.3) is 0 Å². The fraction of sp³-hybridized carbons (Fsp3) is 1.00. The lowest BCUT2D eigenvalue weighted by Gasteiger charge is -2.22. The van der Waals surface area contributed by atoms with E-state index in [1.807, 2.05) is 0 Å². The Morgan fingerprint density at radius 2 is 1.88 bits per heavy atom. The van der Waals surface area contributed by atoms with Gasteiger partial charge in [-0.2, -0.15) is 0 Å². The van der Waals surface area contributed by atoms with Crippen LogP contribution in [-0.2, 0) is 0 Å². The van der Waals surface area contributed by atoms with E-state index in [1.165, 1.54) is 13.3 Å². The first kappa shape index (κ1) is 8.31. The highest BCUT2D eigenvalue weighted by Crippen LogP contribution is 2.40. The van der Waals surface area contributed by atoms with Gasteiger partial charge in [-0.25, -0.2) is 0 Å². The van der Waals surface area contributed by atoms with Crippen LogP contribution in [0.1, 0.15) is 0 Å². The number of rotatable bonds is 2. The van der Waals surface area contributed by atoms with E-state index in [4.69, 9.17) is 10.2 Å². The number of aliphatic hydroxyl groups is 2.